The average molecular weight is 222 g/mol. The molecule has 2 fully saturated rings. The van der Waals surface area contributed by atoms with Crippen molar-refractivity contribution in [3.63, 3.8) is 0 Å². The van der Waals surface area contributed by atoms with Crippen LogP contribution in [-0.4, -0.2) is 48.1 Å². The molecular formula is C6H10N2O5S. The van der Waals surface area contributed by atoms with Gasteiger partial charge >= 0.3 is 16.4 Å². The number of carbonyl (C=O) groups excluding carboxylic acids is 1. The SMILES string of the molecule is O=C1N2CCC[C@@H](C2)N1OS(=O)(=O)O. The molecule has 2 saturated heterocycles. The molecule has 0 spiro atoms. The third kappa shape index (κ3) is 1.68. The van der Waals surface area contributed by atoms with E-state index in [9.17, 15) is 13.2 Å². The molecule has 7 nitrogen and oxygen atoms in total. The number of carbonyl (C=O) groups is 1. The minimum absolute atomic E-state index is 0.266. The summed E-state index contributed by atoms with van der Waals surface area (Å²) in [5.41, 5.74) is 0. The van der Waals surface area contributed by atoms with E-state index < -0.39 is 16.4 Å². The zero-order chi connectivity index (χ0) is 10.3. The highest BCUT2D eigenvalue weighted by molar-refractivity contribution is 7.80. The van der Waals surface area contributed by atoms with Crippen LogP contribution < -0.4 is 0 Å². The maximum absolute atomic E-state index is 11.4. The molecule has 0 aromatic rings. The number of nitrogens with zero attached hydrogens (tertiary/aromatic N) is 2. The highest BCUT2D eigenvalue weighted by Gasteiger charge is 2.42. The second-order valence-corrected chi connectivity index (χ2v) is 4.36. The number of hydrogen-bond donors (Lipinski definition) is 1. The number of fused-ring (bicyclic) bond motifs is 2. The van der Waals surface area contributed by atoms with Gasteiger partial charge in [-0.05, 0) is 12.8 Å². The van der Waals surface area contributed by atoms with Crippen molar-refractivity contribution in [1.29, 1.82) is 0 Å². The fourth-order valence-electron chi connectivity index (χ4n) is 1.81. The van der Waals surface area contributed by atoms with E-state index in [2.05, 4.69) is 4.28 Å². The molecule has 0 radical (unpaired) electrons. The maximum atomic E-state index is 11.4. The number of rotatable bonds is 2. The molecule has 0 aromatic carbocycles. The first-order chi connectivity index (χ1) is 6.47. The Kier molecular flexibility index (Phi) is 2.13. The highest BCUT2D eigenvalue weighted by atomic mass is 32.3. The standard InChI is InChI=1S/C6H10N2O5S/c9-6-7-3-1-2-5(4-7)8(6)13-14(10,11)12/h5H,1-4H2,(H,10,11,12)/t5-/m0/s1. The van der Waals surface area contributed by atoms with Crippen LogP contribution in [0.15, 0.2) is 0 Å². The summed E-state index contributed by atoms with van der Waals surface area (Å²) in [5, 5.41) is 0.738. The average Bonchev–Trinajstić information content (AvgIpc) is 2.28. The molecule has 2 amide bonds. The van der Waals surface area contributed by atoms with Gasteiger partial charge in [0.15, 0.2) is 0 Å². The lowest BCUT2D eigenvalue weighted by molar-refractivity contribution is -0.0316. The van der Waals surface area contributed by atoms with Crippen LogP contribution >= 0.6 is 0 Å². The van der Waals surface area contributed by atoms with Crippen molar-refractivity contribution in [2.45, 2.75) is 18.9 Å². The number of piperidine rings is 1. The van der Waals surface area contributed by atoms with Gasteiger partial charge in [0, 0.05) is 13.1 Å². The zero-order valence-electron chi connectivity index (χ0n) is 7.29. The predicted molar refractivity (Wildman–Crippen MR) is 44.5 cm³/mol. The molecule has 2 heterocycles. The van der Waals surface area contributed by atoms with Gasteiger partial charge in [-0.15, -0.1) is 4.28 Å². The van der Waals surface area contributed by atoms with E-state index in [4.69, 9.17) is 4.55 Å². The normalized spacial score (nSPS) is 27.2. The van der Waals surface area contributed by atoms with E-state index in [1.54, 1.807) is 0 Å². The quantitative estimate of drug-likeness (QED) is 0.643. The van der Waals surface area contributed by atoms with Crippen molar-refractivity contribution in [3.8, 4) is 0 Å². The molecule has 0 saturated carbocycles. The number of amides is 2. The van der Waals surface area contributed by atoms with Crippen LogP contribution in [0.25, 0.3) is 0 Å². The van der Waals surface area contributed by atoms with Crippen LogP contribution in [0.5, 0.6) is 0 Å². The van der Waals surface area contributed by atoms with Crippen molar-refractivity contribution in [3.05, 3.63) is 0 Å². The van der Waals surface area contributed by atoms with Crippen LogP contribution in [0.2, 0.25) is 0 Å². The maximum Gasteiger partial charge on any atom is 0.418 e. The summed E-state index contributed by atoms with van der Waals surface area (Å²) in [6.07, 6.45) is 1.51. The molecule has 2 rings (SSSR count). The Morgan fingerprint density at radius 3 is 2.79 bits per heavy atom. The van der Waals surface area contributed by atoms with E-state index in [1.165, 1.54) is 4.90 Å². The molecule has 14 heavy (non-hydrogen) atoms. The Morgan fingerprint density at radius 1 is 1.50 bits per heavy atom. The van der Waals surface area contributed by atoms with Gasteiger partial charge in [0.25, 0.3) is 0 Å². The van der Waals surface area contributed by atoms with Crippen LogP contribution in [0.1, 0.15) is 12.8 Å². The fourth-order valence-corrected chi connectivity index (χ4v) is 2.20. The second-order valence-electron chi connectivity index (χ2n) is 3.35. The van der Waals surface area contributed by atoms with Gasteiger partial charge < -0.3 is 4.90 Å². The monoisotopic (exact) mass is 222 g/mol. The summed E-state index contributed by atoms with van der Waals surface area (Å²) in [6.45, 7) is 1.08. The van der Waals surface area contributed by atoms with Crippen molar-refractivity contribution in [2.75, 3.05) is 13.1 Å². The van der Waals surface area contributed by atoms with Gasteiger partial charge in [-0.3, -0.25) is 4.55 Å². The summed E-state index contributed by atoms with van der Waals surface area (Å²) in [7, 11) is -4.60. The van der Waals surface area contributed by atoms with E-state index in [0.717, 1.165) is 11.5 Å². The Morgan fingerprint density at radius 2 is 2.21 bits per heavy atom. The Bertz CT molecular complexity index is 353. The largest absolute Gasteiger partial charge is 0.418 e. The summed E-state index contributed by atoms with van der Waals surface area (Å²) < 4.78 is 33.5. The van der Waals surface area contributed by atoms with Gasteiger partial charge in [0.2, 0.25) is 0 Å². The fraction of sp³-hybridized carbons (Fsp3) is 0.833. The lowest BCUT2D eigenvalue weighted by Gasteiger charge is -2.20. The molecule has 1 N–H and O–H groups in total. The number of hydroxylamine groups is 2. The topological polar surface area (TPSA) is 87.2 Å². The first-order valence-electron chi connectivity index (χ1n) is 4.22. The van der Waals surface area contributed by atoms with Crippen molar-refractivity contribution in [2.24, 2.45) is 0 Å². The molecule has 8 heteroatoms. The van der Waals surface area contributed by atoms with E-state index in [1.807, 2.05) is 0 Å². The number of hydrogen-bond acceptors (Lipinski definition) is 4. The van der Waals surface area contributed by atoms with Crippen molar-refractivity contribution in [1.82, 2.24) is 9.96 Å². The van der Waals surface area contributed by atoms with Crippen molar-refractivity contribution >= 4 is 16.4 Å². The van der Waals surface area contributed by atoms with Crippen LogP contribution in [0, 0.1) is 0 Å². The molecule has 2 aliphatic rings. The zero-order valence-corrected chi connectivity index (χ0v) is 8.11. The number of urea groups is 1. The molecule has 1 atom stereocenters. The third-order valence-corrected chi connectivity index (χ3v) is 2.71. The van der Waals surface area contributed by atoms with E-state index in [-0.39, 0.29) is 6.04 Å². The lowest BCUT2D eigenvalue weighted by Crippen LogP contribution is -2.35. The van der Waals surface area contributed by atoms with E-state index in [0.29, 0.717) is 19.5 Å². The molecular weight excluding hydrogens is 212 g/mol. The van der Waals surface area contributed by atoms with Gasteiger partial charge in [-0.1, -0.05) is 0 Å². The smallest absolute Gasteiger partial charge is 0.321 e. The first kappa shape index (κ1) is 9.69. The van der Waals surface area contributed by atoms with Gasteiger partial charge in [0.05, 0.1) is 6.04 Å². The Balaban J connectivity index is 2.16. The molecule has 2 aliphatic heterocycles. The van der Waals surface area contributed by atoms with E-state index >= 15 is 0 Å². The summed E-state index contributed by atoms with van der Waals surface area (Å²) >= 11 is 0. The van der Waals surface area contributed by atoms with Crippen LogP contribution in [0.4, 0.5) is 4.79 Å². The lowest BCUT2D eigenvalue weighted by atomic mass is 10.1. The molecule has 2 bridgehead atoms. The molecule has 0 unspecified atom stereocenters. The second kappa shape index (κ2) is 3.07. The van der Waals surface area contributed by atoms with Crippen molar-refractivity contribution < 1.29 is 22.0 Å². The highest BCUT2D eigenvalue weighted by Crippen LogP contribution is 2.25. The Hall–Kier alpha value is -0.860. The molecule has 0 aliphatic carbocycles. The third-order valence-electron chi connectivity index (χ3n) is 2.36. The van der Waals surface area contributed by atoms with Gasteiger partial charge in [-0.2, -0.15) is 13.5 Å². The minimum Gasteiger partial charge on any atom is -0.321 e. The van der Waals surface area contributed by atoms with Crippen LogP contribution in [-0.2, 0) is 14.7 Å². The Labute approximate surface area is 81.1 Å². The summed E-state index contributed by atoms with van der Waals surface area (Å²) in [6, 6.07) is -0.761. The summed E-state index contributed by atoms with van der Waals surface area (Å²) in [4.78, 5) is 12.9. The minimum atomic E-state index is -4.60. The first-order valence-corrected chi connectivity index (χ1v) is 5.59. The van der Waals surface area contributed by atoms with Gasteiger partial charge in [0.1, 0.15) is 0 Å². The molecule has 0 aromatic heterocycles. The predicted octanol–water partition coefficient (Wildman–Crippen LogP) is -0.379. The summed E-state index contributed by atoms with van der Waals surface area (Å²) in [5.74, 6) is 0. The molecule has 80 valence electrons. The van der Waals surface area contributed by atoms with Gasteiger partial charge in [-0.25, -0.2) is 4.79 Å². The van der Waals surface area contributed by atoms with Crippen LogP contribution in [0.3, 0.4) is 0 Å².